The van der Waals surface area contributed by atoms with Gasteiger partial charge in [0.25, 0.3) is 0 Å². The van der Waals surface area contributed by atoms with E-state index in [1.165, 1.54) is 7.11 Å². The molecule has 0 aromatic heterocycles. The Kier molecular flexibility index (Phi) is 5.19. The van der Waals surface area contributed by atoms with E-state index in [0.717, 1.165) is 32.1 Å². The van der Waals surface area contributed by atoms with Crippen LogP contribution in [-0.2, 0) is 14.3 Å². The van der Waals surface area contributed by atoms with Gasteiger partial charge in [-0.05, 0) is 32.1 Å². The van der Waals surface area contributed by atoms with Crippen molar-refractivity contribution in [3.05, 3.63) is 0 Å². The number of amides is 1. The molecule has 1 unspecified atom stereocenters. The lowest BCUT2D eigenvalue weighted by Gasteiger charge is -2.42. The Morgan fingerprint density at radius 3 is 2.43 bits per heavy atom. The molecular weight excluding hydrogens is 288 g/mol. The molecule has 1 saturated heterocycles. The molecule has 21 heavy (non-hydrogen) atoms. The average molecular weight is 312 g/mol. The molecule has 1 aliphatic carbocycles. The summed E-state index contributed by atoms with van der Waals surface area (Å²) in [5, 5.41) is 0. The van der Waals surface area contributed by atoms with Gasteiger partial charge in [0.1, 0.15) is 6.04 Å². The van der Waals surface area contributed by atoms with Crippen LogP contribution in [-0.4, -0.2) is 41.5 Å². The molecule has 0 spiro atoms. The number of likely N-dealkylation sites (tertiary alicyclic amines) is 1. The molecule has 2 rings (SSSR count). The van der Waals surface area contributed by atoms with Crippen LogP contribution in [0.5, 0.6) is 0 Å². The largest absolute Gasteiger partial charge is 0.467 e. The number of ether oxygens (including phenoxy) is 1. The summed E-state index contributed by atoms with van der Waals surface area (Å²) in [5.41, 5.74) is 5.18. The number of nitrogens with two attached hydrogens (primary N) is 1. The van der Waals surface area contributed by atoms with Crippen molar-refractivity contribution in [2.45, 2.75) is 57.4 Å². The fourth-order valence-corrected chi connectivity index (χ4v) is 3.84. The number of esters is 1. The highest BCUT2D eigenvalue weighted by atomic mass is 32.1. The quantitative estimate of drug-likeness (QED) is 0.635. The monoisotopic (exact) mass is 312 g/mol. The van der Waals surface area contributed by atoms with Crippen molar-refractivity contribution >= 4 is 29.1 Å². The Morgan fingerprint density at radius 2 is 1.86 bits per heavy atom. The van der Waals surface area contributed by atoms with Gasteiger partial charge >= 0.3 is 5.97 Å². The van der Waals surface area contributed by atoms with Crippen molar-refractivity contribution in [1.82, 2.24) is 4.90 Å². The Labute approximate surface area is 131 Å². The van der Waals surface area contributed by atoms with E-state index in [2.05, 4.69) is 0 Å². The fourth-order valence-electron chi connectivity index (χ4n) is 3.55. The topological polar surface area (TPSA) is 72.6 Å². The molecule has 1 saturated carbocycles. The number of thiocarbonyl (C=S) groups is 1. The van der Waals surface area contributed by atoms with Crippen LogP contribution in [0.2, 0.25) is 0 Å². The third-order valence-electron chi connectivity index (χ3n) is 4.83. The molecule has 6 heteroatoms. The van der Waals surface area contributed by atoms with Crippen LogP contribution >= 0.6 is 12.2 Å². The maximum atomic E-state index is 13.1. The number of piperidine rings is 1. The lowest BCUT2D eigenvalue weighted by molar-refractivity contribution is -0.158. The van der Waals surface area contributed by atoms with Crippen molar-refractivity contribution < 1.29 is 14.3 Å². The Balaban J connectivity index is 2.25. The number of hydrogen-bond acceptors (Lipinski definition) is 4. The highest BCUT2D eigenvalue weighted by Crippen LogP contribution is 2.39. The maximum absolute atomic E-state index is 13.1. The molecule has 2 N–H and O–H groups in total. The van der Waals surface area contributed by atoms with Crippen molar-refractivity contribution in [3.8, 4) is 0 Å². The minimum absolute atomic E-state index is 0.0650. The molecule has 1 atom stereocenters. The maximum Gasteiger partial charge on any atom is 0.328 e. The van der Waals surface area contributed by atoms with Crippen LogP contribution in [0, 0.1) is 5.41 Å². The molecule has 1 aliphatic heterocycles. The predicted molar refractivity (Wildman–Crippen MR) is 83.7 cm³/mol. The highest BCUT2D eigenvalue weighted by Gasteiger charge is 2.47. The van der Waals surface area contributed by atoms with Gasteiger partial charge in [-0.1, -0.05) is 31.5 Å². The molecule has 5 nitrogen and oxygen atoms in total. The second kappa shape index (κ2) is 6.73. The Hall–Kier alpha value is -1.17. The van der Waals surface area contributed by atoms with Gasteiger partial charge < -0.3 is 15.4 Å². The zero-order valence-corrected chi connectivity index (χ0v) is 13.4. The number of nitrogens with zero attached hydrogens (tertiary/aromatic N) is 1. The van der Waals surface area contributed by atoms with Crippen molar-refractivity contribution in [2.24, 2.45) is 11.1 Å². The summed E-state index contributed by atoms with van der Waals surface area (Å²) >= 11 is 5.22. The number of methoxy groups -OCH3 is 1. The second-order valence-electron chi connectivity index (χ2n) is 6.04. The number of rotatable bonds is 3. The zero-order chi connectivity index (χ0) is 15.5. The summed E-state index contributed by atoms with van der Waals surface area (Å²) in [6.07, 6.45) is 6.93. The molecule has 0 radical (unpaired) electrons. The van der Waals surface area contributed by atoms with Gasteiger partial charge in [0.05, 0.1) is 17.5 Å². The summed E-state index contributed by atoms with van der Waals surface area (Å²) in [5.74, 6) is -0.401. The van der Waals surface area contributed by atoms with Gasteiger partial charge in [0.15, 0.2) is 0 Å². The SMILES string of the molecule is COC(=O)C1CCCCN1C(=O)C1(C(N)=S)CCCCC1. The molecular formula is C15H24N2O3S. The minimum atomic E-state index is -0.753. The summed E-state index contributed by atoms with van der Waals surface area (Å²) in [7, 11) is 1.36. The van der Waals surface area contributed by atoms with E-state index in [1.807, 2.05) is 0 Å². The van der Waals surface area contributed by atoms with Crippen LogP contribution < -0.4 is 5.73 Å². The van der Waals surface area contributed by atoms with Gasteiger partial charge in [-0.15, -0.1) is 0 Å². The van der Waals surface area contributed by atoms with E-state index in [4.69, 9.17) is 22.7 Å². The first-order valence-corrected chi connectivity index (χ1v) is 8.12. The summed E-state index contributed by atoms with van der Waals surface area (Å²) in [6, 6.07) is -0.482. The van der Waals surface area contributed by atoms with Crippen LogP contribution in [0.3, 0.4) is 0 Å². The van der Waals surface area contributed by atoms with E-state index >= 15 is 0 Å². The summed E-state index contributed by atoms with van der Waals surface area (Å²) in [4.78, 5) is 27.0. The summed E-state index contributed by atoms with van der Waals surface area (Å²) in [6.45, 7) is 0.586. The van der Waals surface area contributed by atoms with Crippen LogP contribution in [0.4, 0.5) is 0 Å². The predicted octanol–water partition coefficient (Wildman–Crippen LogP) is 1.78. The first-order valence-electron chi connectivity index (χ1n) is 7.72. The second-order valence-corrected chi connectivity index (χ2v) is 6.48. The van der Waals surface area contributed by atoms with Crippen LogP contribution in [0.15, 0.2) is 0 Å². The number of carbonyl (C=O) groups is 2. The Bertz CT molecular complexity index is 433. The normalized spacial score (nSPS) is 25.2. The van der Waals surface area contributed by atoms with Crippen molar-refractivity contribution in [3.63, 3.8) is 0 Å². The van der Waals surface area contributed by atoms with Gasteiger partial charge in [-0.3, -0.25) is 4.79 Å². The van der Waals surface area contributed by atoms with E-state index in [-0.39, 0.29) is 16.9 Å². The first kappa shape index (κ1) is 16.2. The first-order chi connectivity index (χ1) is 10.0. The van der Waals surface area contributed by atoms with E-state index in [0.29, 0.717) is 25.8 Å². The van der Waals surface area contributed by atoms with E-state index < -0.39 is 11.5 Å². The number of hydrogen-bond donors (Lipinski definition) is 1. The molecule has 1 heterocycles. The standard InChI is InChI=1S/C15H24N2O3S/c1-20-12(18)11-7-3-6-10-17(11)14(19)15(13(16)21)8-4-2-5-9-15/h11H,2-10H2,1H3,(H2,16,21). The van der Waals surface area contributed by atoms with Crippen molar-refractivity contribution in [2.75, 3.05) is 13.7 Å². The lowest BCUT2D eigenvalue weighted by Crippen LogP contribution is -2.57. The van der Waals surface area contributed by atoms with Gasteiger partial charge in [0, 0.05) is 6.54 Å². The smallest absolute Gasteiger partial charge is 0.328 e. The molecule has 2 aliphatic rings. The zero-order valence-electron chi connectivity index (χ0n) is 12.6. The van der Waals surface area contributed by atoms with Gasteiger partial charge in [0.2, 0.25) is 5.91 Å². The molecule has 118 valence electrons. The molecule has 0 aromatic carbocycles. The van der Waals surface area contributed by atoms with Crippen LogP contribution in [0.25, 0.3) is 0 Å². The van der Waals surface area contributed by atoms with Crippen LogP contribution in [0.1, 0.15) is 51.4 Å². The third-order valence-corrected chi connectivity index (χ3v) is 5.22. The molecule has 0 bridgehead atoms. The van der Waals surface area contributed by atoms with Crippen molar-refractivity contribution in [1.29, 1.82) is 0 Å². The lowest BCUT2D eigenvalue weighted by atomic mass is 9.72. The number of carbonyl (C=O) groups excluding carboxylic acids is 2. The average Bonchev–Trinajstić information content (AvgIpc) is 2.53. The minimum Gasteiger partial charge on any atom is -0.467 e. The van der Waals surface area contributed by atoms with E-state index in [1.54, 1.807) is 4.90 Å². The molecule has 2 fully saturated rings. The van der Waals surface area contributed by atoms with Gasteiger partial charge in [-0.2, -0.15) is 0 Å². The fraction of sp³-hybridized carbons (Fsp3) is 0.800. The molecule has 1 amide bonds. The summed E-state index contributed by atoms with van der Waals surface area (Å²) < 4.78 is 4.85. The van der Waals surface area contributed by atoms with Gasteiger partial charge in [-0.25, -0.2) is 4.79 Å². The van der Waals surface area contributed by atoms with E-state index in [9.17, 15) is 9.59 Å². The third kappa shape index (κ3) is 3.05. The Morgan fingerprint density at radius 1 is 1.19 bits per heavy atom. The molecule has 0 aromatic rings. The highest BCUT2D eigenvalue weighted by molar-refractivity contribution is 7.80.